The fourth-order valence-electron chi connectivity index (χ4n) is 12.3. The molecule has 5 heterocycles. The first-order chi connectivity index (χ1) is 21.9. The number of epoxide rings is 2. The fourth-order valence-corrected chi connectivity index (χ4v) is 12.3. The van der Waals surface area contributed by atoms with Crippen molar-refractivity contribution in [2.45, 2.75) is 164 Å². The van der Waals surface area contributed by atoms with Gasteiger partial charge in [0.05, 0.1) is 23.4 Å². The molecule has 0 aromatic heterocycles. The van der Waals surface area contributed by atoms with Crippen molar-refractivity contribution in [2.24, 2.45) is 16.7 Å². The number of anilines is 1. The summed E-state index contributed by atoms with van der Waals surface area (Å²) in [5.74, 6) is 0.0998. The van der Waals surface area contributed by atoms with Crippen molar-refractivity contribution in [1.29, 1.82) is 0 Å². The molecule has 9 nitrogen and oxygen atoms in total. The third-order valence-corrected chi connectivity index (χ3v) is 14.8. The van der Waals surface area contributed by atoms with Gasteiger partial charge in [-0.1, -0.05) is 31.6 Å². The number of rotatable bonds is 4. The molecule has 8 aliphatic rings. The number of fused-ring (bicyclic) bond motifs is 9. The lowest BCUT2D eigenvalue weighted by molar-refractivity contribution is -0.352. The van der Waals surface area contributed by atoms with E-state index in [2.05, 4.69) is 65.1 Å². The SMILES string of the molecule is CO[C@@]12Nc3cccc(CC4OC4(C)C)c3[C@]1(O)C[C@@H]1CC[C@@]3(O)[C@@]45O[C@@H]4[C@@H]4O[C@H](C=C(C)C)OC(C)(C)[C@H]4O[C@H]5CC[C@]3(C)[C@]12C. The Morgan fingerprint density at radius 2 is 1.70 bits per heavy atom. The van der Waals surface area contributed by atoms with Crippen LogP contribution in [0.15, 0.2) is 29.8 Å². The zero-order valence-electron chi connectivity index (χ0n) is 29.4. The lowest BCUT2D eigenvalue weighted by Gasteiger charge is -2.69. The van der Waals surface area contributed by atoms with Crippen LogP contribution in [0.1, 0.15) is 98.6 Å². The second kappa shape index (κ2) is 9.02. The Kier molecular flexibility index (Phi) is 6.03. The minimum Gasteiger partial charge on any atom is -0.386 e. The number of aliphatic hydroxyl groups is 2. The van der Waals surface area contributed by atoms with Gasteiger partial charge in [0.1, 0.15) is 29.5 Å². The summed E-state index contributed by atoms with van der Waals surface area (Å²) in [6.45, 7) is 16.9. The molecule has 4 saturated heterocycles. The topological polar surface area (TPSA) is 114 Å². The van der Waals surface area contributed by atoms with Crippen molar-refractivity contribution in [3.05, 3.63) is 41.0 Å². The van der Waals surface area contributed by atoms with Crippen LogP contribution in [-0.4, -0.2) is 82.3 Å². The first-order valence-electron chi connectivity index (χ1n) is 17.8. The second-order valence-corrected chi connectivity index (χ2v) is 17.8. The van der Waals surface area contributed by atoms with Gasteiger partial charge < -0.3 is 44.0 Å². The molecule has 5 aliphatic heterocycles. The number of hydrogen-bond acceptors (Lipinski definition) is 9. The van der Waals surface area contributed by atoms with Gasteiger partial charge in [0.15, 0.2) is 17.6 Å². The highest BCUT2D eigenvalue weighted by Crippen LogP contribution is 2.81. The third-order valence-electron chi connectivity index (χ3n) is 14.8. The van der Waals surface area contributed by atoms with Crippen LogP contribution < -0.4 is 5.32 Å². The molecule has 0 radical (unpaired) electrons. The van der Waals surface area contributed by atoms with Crippen molar-refractivity contribution in [3.63, 3.8) is 0 Å². The van der Waals surface area contributed by atoms with Gasteiger partial charge in [-0.15, -0.1) is 0 Å². The molecule has 7 fully saturated rings. The number of benzene rings is 1. The molecule has 1 aromatic carbocycles. The molecule has 3 N–H and O–H groups in total. The van der Waals surface area contributed by atoms with E-state index in [1.54, 1.807) is 7.11 Å². The summed E-state index contributed by atoms with van der Waals surface area (Å²) in [6, 6.07) is 6.25. The molecule has 47 heavy (non-hydrogen) atoms. The lowest BCUT2D eigenvalue weighted by atomic mass is 9.39. The molecule has 258 valence electrons. The van der Waals surface area contributed by atoms with E-state index in [1.807, 2.05) is 19.9 Å². The van der Waals surface area contributed by atoms with Crippen LogP contribution in [0.3, 0.4) is 0 Å². The molecule has 3 aliphatic carbocycles. The molecule has 1 unspecified atom stereocenters. The van der Waals surface area contributed by atoms with Crippen LogP contribution >= 0.6 is 0 Å². The molecule has 1 aromatic rings. The zero-order valence-corrected chi connectivity index (χ0v) is 29.4. The molecule has 0 bridgehead atoms. The zero-order chi connectivity index (χ0) is 33.4. The van der Waals surface area contributed by atoms with Gasteiger partial charge in [0.25, 0.3) is 0 Å². The van der Waals surface area contributed by atoms with Crippen LogP contribution in [-0.2, 0) is 40.4 Å². The van der Waals surface area contributed by atoms with Gasteiger partial charge in [-0.2, -0.15) is 0 Å². The first-order valence-corrected chi connectivity index (χ1v) is 17.8. The van der Waals surface area contributed by atoms with Crippen LogP contribution in [0.5, 0.6) is 0 Å². The van der Waals surface area contributed by atoms with Crippen molar-refractivity contribution in [1.82, 2.24) is 0 Å². The molecule has 9 heteroatoms. The number of hydrogen-bond donors (Lipinski definition) is 3. The van der Waals surface area contributed by atoms with Crippen molar-refractivity contribution in [3.8, 4) is 0 Å². The van der Waals surface area contributed by atoms with E-state index in [0.717, 1.165) is 41.6 Å². The minimum atomic E-state index is -1.29. The summed E-state index contributed by atoms with van der Waals surface area (Å²) in [7, 11) is 1.72. The number of nitrogens with one attached hydrogen (secondary N) is 1. The Morgan fingerprint density at radius 1 is 0.957 bits per heavy atom. The lowest BCUT2D eigenvalue weighted by Crippen LogP contribution is -2.80. The smallest absolute Gasteiger partial charge is 0.178 e. The van der Waals surface area contributed by atoms with Gasteiger partial charge in [-0.25, -0.2) is 0 Å². The van der Waals surface area contributed by atoms with Crippen molar-refractivity contribution >= 4 is 5.69 Å². The Balaban J connectivity index is 1.12. The maximum absolute atomic E-state index is 13.5. The molecule has 1 spiro atoms. The summed E-state index contributed by atoms with van der Waals surface area (Å²) < 4.78 is 39.5. The van der Waals surface area contributed by atoms with E-state index in [1.165, 1.54) is 0 Å². The molecule has 0 amide bonds. The molecule has 3 saturated carbocycles. The normalized spacial score (nSPS) is 53.6. The summed E-state index contributed by atoms with van der Waals surface area (Å²) in [6.07, 6.45) is 4.29. The number of ether oxygens (including phenoxy) is 6. The predicted molar refractivity (Wildman–Crippen MR) is 174 cm³/mol. The van der Waals surface area contributed by atoms with E-state index < -0.39 is 45.2 Å². The first kappa shape index (κ1) is 31.4. The highest BCUT2D eigenvalue weighted by molar-refractivity contribution is 5.68. The Bertz CT molecular complexity index is 1570. The van der Waals surface area contributed by atoms with Crippen molar-refractivity contribution < 1.29 is 38.6 Å². The fraction of sp³-hybridized carbons (Fsp3) is 0.789. The number of methoxy groups -OCH3 is 1. The van der Waals surface area contributed by atoms with E-state index in [9.17, 15) is 10.2 Å². The maximum Gasteiger partial charge on any atom is 0.178 e. The highest BCUT2D eigenvalue weighted by atomic mass is 16.8. The van der Waals surface area contributed by atoms with Gasteiger partial charge in [0, 0.05) is 35.6 Å². The van der Waals surface area contributed by atoms with Crippen molar-refractivity contribution in [2.75, 3.05) is 12.4 Å². The van der Waals surface area contributed by atoms with Crippen LogP contribution in [0.4, 0.5) is 5.69 Å². The summed E-state index contributed by atoms with van der Waals surface area (Å²) in [4.78, 5) is 0. The van der Waals surface area contributed by atoms with Gasteiger partial charge in [-0.3, -0.25) is 0 Å². The van der Waals surface area contributed by atoms with Gasteiger partial charge in [0.2, 0.25) is 0 Å². The monoisotopic (exact) mass is 651 g/mol. The molecular formula is C38H53NO8. The Hall–Kier alpha value is -1.56. The average molecular weight is 652 g/mol. The number of allylic oxidation sites excluding steroid dienone is 1. The maximum atomic E-state index is 13.5. The molecule has 9 rings (SSSR count). The summed E-state index contributed by atoms with van der Waals surface area (Å²) >= 11 is 0. The van der Waals surface area contributed by atoms with Gasteiger partial charge >= 0.3 is 0 Å². The molecular weight excluding hydrogens is 598 g/mol. The third kappa shape index (κ3) is 3.40. The summed E-state index contributed by atoms with van der Waals surface area (Å²) in [5, 5.41) is 30.5. The van der Waals surface area contributed by atoms with Crippen LogP contribution in [0, 0.1) is 16.7 Å². The largest absolute Gasteiger partial charge is 0.386 e. The van der Waals surface area contributed by atoms with Crippen LogP contribution in [0.2, 0.25) is 0 Å². The van der Waals surface area contributed by atoms with E-state index in [-0.39, 0.29) is 42.0 Å². The summed E-state index contributed by atoms with van der Waals surface area (Å²) in [5.41, 5.74) is -2.70. The standard InChI is InChI=1S/C38H53NO8/c1-20(2)17-26-44-28-29(32(5,6)46-26)43-24-14-15-33(7)34(8)22(13-16-36(33,41)37(24)30(28)47-37)19-35(40)27-21(18-25-31(3,4)45-25)11-10-12-23(27)39-38(34,35)42-9/h10-12,17,22,24-26,28-30,39-41H,13-16,18-19H2,1-9H3/t22-,24-,25?,26-,28+,29-,30+,33+,34-,35+,36-,37-,38+/m0/s1. The quantitative estimate of drug-likeness (QED) is 0.302. The predicted octanol–water partition coefficient (Wildman–Crippen LogP) is 5.10. The van der Waals surface area contributed by atoms with E-state index >= 15 is 0 Å². The Morgan fingerprint density at radius 3 is 2.38 bits per heavy atom. The second-order valence-electron chi connectivity index (χ2n) is 17.8. The minimum absolute atomic E-state index is 0.0998. The average Bonchev–Trinajstić information content (AvgIpc) is 3.83. The van der Waals surface area contributed by atoms with E-state index in [4.69, 9.17) is 28.4 Å². The van der Waals surface area contributed by atoms with Crippen LogP contribution in [0.25, 0.3) is 0 Å². The highest BCUT2D eigenvalue weighted by Gasteiger charge is 2.91. The molecule has 13 atom stereocenters. The van der Waals surface area contributed by atoms with Gasteiger partial charge in [-0.05, 0) is 97.3 Å². The van der Waals surface area contributed by atoms with E-state index in [0.29, 0.717) is 19.3 Å². The Labute approximate surface area is 278 Å².